The van der Waals surface area contributed by atoms with E-state index in [-0.39, 0.29) is 56.4 Å². The van der Waals surface area contributed by atoms with Crippen LogP contribution in [0, 0.1) is 0 Å². The van der Waals surface area contributed by atoms with Crippen LogP contribution in [0.25, 0.3) is 33.4 Å². The first-order chi connectivity index (χ1) is 19.5. The second kappa shape index (κ2) is 9.21. The molecule has 0 saturated carbocycles. The predicted molar refractivity (Wildman–Crippen MR) is 143 cm³/mol. The van der Waals surface area contributed by atoms with Gasteiger partial charge >= 0.3 is 0 Å². The minimum Gasteiger partial charge on any atom is -0.508 e. The van der Waals surface area contributed by atoms with Gasteiger partial charge in [-0.2, -0.15) is 0 Å². The van der Waals surface area contributed by atoms with Crippen molar-refractivity contribution in [1.29, 1.82) is 0 Å². The summed E-state index contributed by atoms with van der Waals surface area (Å²) in [4.78, 5) is 26.0. The highest BCUT2D eigenvalue weighted by Crippen LogP contribution is 2.52. The van der Waals surface area contributed by atoms with Crippen molar-refractivity contribution < 1.29 is 49.7 Å². The second-order valence-corrected chi connectivity index (χ2v) is 9.48. The van der Waals surface area contributed by atoms with Gasteiger partial charge in [-0.25, -0.2) is 0 Å². The highest BCUT2D eigenvalue weighted by atomic mass is 16.5. The Balaban J connectivity index is 1.54. The maximum atomic E-state index is 13.2. The van der Waals surface area contributed by atoms with E-state index in [2.05, 4.69) is 0 Å². The van der Waals surface area contributed by atoms with Crippen molar-refractivity contribution >= 4 is 16.8 Å². The topological polar surface area (TPSA) is 198 Å². The first-order valence-electron chi connectivity index (χ1n) is 12.1. The number of hydrogen-bond donors (Lipinski definition) is 7. The van der Waals surface area contributed by atoms with Gasteiger partial charge in [-0.3, -0.25) is 9.59 Å². The zero-order valence-electron chi connectivity index (χ0n) is 20.8. The van der Waals surface area contributed by atoms with E-state index >= 15 is 0 Å². The fourth-order valence-electron chi connectivity index (χ4n) is 4.92. The molecule has 6 rings (SSSR count). The molecule has 11 nitrogen and oxygen atoms in total. The minimum absolute atomic E-state index is 0.0183. The van der Waals surface area contributed by atoms with Gasteiger partial charge in [0.15, 0.2) is 17.6 Å². The molecule has 206 valence electrons. The third-order valence-electron chi connectivity index (χ3n) is 6.85. The lowest BCUT2D eigenvalue weighted by Crippen LogP contribution is -2.36. The molecule has 7 N–H and O–H groups in total. The molecule has 0 fully saturated rings. The Bertz CT molecular complexity index is 1940. The number of phenols is 6. The number of aliphatic hydroxyl groups is 1. The van der Waals surface area contributed by atoms with E-state index < -0.39 is 46.2 Å². The van der Waals surface area contributed by atoms with Crippen LogP contribution < -0.4 is 10.2 Å². The molecule has 0 amide bonds. The lowest BCUT2D eigenvalue weighted by atomic mass is 9.88. The van der Waals surface area contributed by atoms with E-state index in [1.807, 2.05) is 0 Å². The Morgan fingerprint density at radius 2 is 1.37 bits per heavy atom. The van der Waals surface area contributed by atoms with Gasteiger partial charge in [-0.05, 0) is 35.9 Å². The predicted octanol–water partition coefficient (Wildman–Crippen LogP) is 4.04. The molecule has 0 bridgehead atoms. The van der Waals surface area contributed by atoms with E-state index in [1.165, 1.54) is 42.5 Å². The molecule has 2 atom stereocenters. The standard InChI is InChI=1S/C30H20O11/c31-14-4-1-12(2-5-14)29-28(39)27(38)26-20(36)10-19(35)24(30(26)41-29)16-7-13(3-6-17(16)33)22-11-21(37)25-18(34)8-15(32)9-23(25)40-22/h1-11,28-29,31-36,39H/t28-,29+/m0/s1. The normalized spacial score (nSPS) is 16.4. The zero-order chi connectivity index (χ0) is 29.2. The molecule has 1 aromatic heterocycles. The third-order valence-corrected chi connectivity index (χ3v) is 6.85. The summed E-state index contributed by atoms with van der Waals surface area (Å²) in [6.45, 7) is 0. The van der Waals surface area contributed by atoms with E-state index in [0.717, 1.165) is 24.3 Å². The van der Waals surface area contributed by atoms with Crippen LogP contribution in [0.5, 0.6) is 40.2 Å². The van der Waals surface area contributed by atoms with E-state index in [9.17, 15) is 45.3 Å². The van der Waals surface area contributed by atoms with Gasteiger partial charge in [0.1, 0.15) is 62.5 Å². The number of aromatic hydroxyl groups is 6. The maximum Gasteiger partial charge on any atom is 0.202 e. The van der Waals surface area contributed by atoms with E-state index in [0.29, 0.717) is 5.56 Å². The fraction of sp³-hybridized carbons (Fsp3) is 0.0667. The number of ketones is 1. The van der Waals surface area contributed by atoms with Crippen LogP contribution in [0.3, 0.4) is 0 Å². The van der Waals surface area contributed by atoms with Crippen molar-refractivity contribution in [2.75, 3.05) is 0 Å². The van der Waals surface area contributed by atoms with Crippen LogP contribution >= 0.6 is 0 Å². The molecule has 0 aliphatic carbocycles. The SMILES string of the molecule is O=C1c2c(O)cc(O)c(-c3cc(-c4cc(=O)c5c(O)cc(O)cc5o4)ccc3O)c2O[C@H](c2ccc(O)cc2)[C@H]1O. The molecule has 0 spiro atoms. The molecule has 0 unspecified atom stereocenters. The Labute approximate surface area is 229 Å². The van der Waals surface area contributed by atoms with Crippen molar-refractivity contribution in [3.63, 3.8) is 0 Å². The van der Waals surface area contributed by atoms with Gasteiger partial charge in [-0.1, -0.05) is 12.1 Å². The number of rotatable bonds is 3. The van der Waals surface area contributed by atoms with Gasteiger partial charge in [0.25, 0.3) is 0 Å². The average molecular weight is 556 g/mol. The molecule has 5 aromatic rings. The zero-order valence-corrected chi connectivity index (χ0v) is 20.8. The molecule has 0 radical (unpaired) electrons. The number of hydrogen-bond acceptors (Lipinski definition) is 11. The fourth-order valence-corrected chi connectivity index (χ4v) is 4.92. The van der Waals surface area contributed by atoms with Crippen molar-refractivity contribution in [3.05, 3.63) is 88.1 Å². The highest BCUT2D eigenvalue weighted by molar-refractivity contribution is 6.08. The summed E-state index contributed by atoms with van der Waals surface area (Å²) >= 11 is 0. The summed E-state index contributed by atoms with van der Waals surface area (Å²) in [5.74, 6) is -3.73. The summed E-state index contributed by atoms with van der Waals surface area (Å²) in [6, 6.07) is 13.6. The summed E-state index contributed by atoms with van der Waals surface area (Å²) in [7, 11) is 0. The average Bonchev–Trinajstić information content (AvgIpc) is 2.91. The van der Waals surface area contributed by atoms with Gasteiger partial charge in [-0.15, -0.1) is 0 Å². The Morgan fingerprint density at radius 1 is 0.659 bits per heavy atom. The number of Topliss-reactive ketones (excluding diaryl/α,β-unsaturated/α-hetero) is 1. The van der Waals surface area contributed by atoms with Crippen LogP contribution in [0.1, 0.15) is 22.0 Å². The first kappa shape index (κ1) is 25.6. The Morgan fingerprint density at radius 3 is 2.10 bits per heavy atom. The number of benzene rings is 4. The molecule has 4 aromatic carbocycles. The van der Waals surface area contributed by atoms with Crippen LogP contribution in [0.2, 0.25) is 0 Å². The van der Waals surface area contributed by atoms with Crippen LogP contribution in [0.4, 0.5) is 0 Å². The monoisotopic (exact) mass is 556 g/mol. The quantitative estimate of drug-likeness (QED) is 0.169. The van der Waals surface area contributed by atoms with Gasteiger partial charge < -0.3 is 44.9 Å². The van der Waals surface area contributed by atoms with Crippen molar-refractivity contribution in [2.24, 2.45) is 0 Å². The summed E-state index contributed by atoms with van der Waals surface area (Å²) in [6.07, 6.45) is -3.03. The second-order valence-electron chi connectivity index (χ2n) is 9.48. The number of aliphatic hydroxyl groups excluding tert-OH is 1. The maximum absolute atomic E-state index is 13.2. The summed E-state index contributed by atoms with van der Waals surface area (Å²) < 4.78 is 11.7. The third kappa shape index (κ3) is 4.12. The molecule has 41 heavy (non-hydrogen) atoms. The molecule has 2 heterocycles. The first-order valence-corrected chi connectivity index (χ1v) is 12.1. The van der Waals surface area contributed by atoms with Crippen LogP contribution in [-0.4, -0.2) is 47.6 Å². The van der Waals surface area contributed by atoms with E-state index in [4.69, 9.17) is 9.15 Å². The lowest BCUT2D eigenvalue weighted by molar-refractivity contribution is 0.0213. The largest absolute Gasteiger partial charge is 0.508 e. The number of phenolic OH excluding ortho intramolecular Hbond substituents is 6. The Kier molecular flexibility index (Phi) is 5.75. The molecule has 0 saturated heterocycles. The minimum atomic E-state index is -1.74. The van der Waals surface area contributed by atoms with Crippen LogP contribution in [-0.2, 0) is 0 Å². The number of ether oxygens (including phenoxy) is 1. The van der Waals surface area contributed by atoms with Crippen LogP contribution in [0.15, 0.2) is 75.9 Å². The van der Waals surface area contributed by atoms with Gasteiger partial charge in [0.05, 0.1) is 5.56 Å². The Hall–Kier alpha value is -5.68. The van der Waals surface area contributed by atoms with Crippen molar-refractivity contribution in [1.82, 2.24) is 0 Å². The van der Waals surface area contributed by atoms with Crippen molar-refractivity contribution in [3.8, 4) is 62.7 Å². The number of carbonyl (C=O) groups excluding carboxylic acids is 1. The number of fused-ring (bicyclic) bond motifs is 2. The lowest BCUT2D eigenvalue weighted by Gasteiger charge is -2.32. The summed E-state index contributed by atoms with van der Waals surface area (Å²) in [5.41, 5.74) is -0.884. The molecular weight excluding hydrogens is 536 g/mol. The molecule has 1 aliphatic heterocycles. The molecule has 1 aliphatic rings. The number of carbonyl (C=O) groups is 1. The van der Waals surface area contributed by atoms with Gasteiger partial charge in [0.2, 0.25) is 5.78 Å². The smallest absolute Gasteiger partial charge is 0.202 e. The molecular formula is C30H20O11. The molecule has 11 heteroatoms. The van der Waals surface area contributed by atoms with Gasteiger partial charge in [0, 0.05) is 35.4 Å². The highest BCUT2D eigenvalue weighted by Gasteiger charge is 2.41. The van der Waals surface area contributed by atoms with E-state index in [1.54, 1.807) is 0 Å². The van der Waals surface area contributed by atoms with Crippen molar-refractivity contribution in [2.45, 2.75) is 12.2 Å². The summed E-state index contributed by atoms with van der Waals surface area (Å²) in [5, 5.41) is 72.3.